The predicted molar refractivity (Wildman–Crippen MR) is 77.9 cm³/mol. The first-order valence-corrected chi connectivity index (χ1v) is 8.79. The summed E-state index contributed by atoms with van der Waals surface area (Å²) >= 11 is 6.04. The third-order valence-electron chi connectivity index (χ3n) is 2.31. The molecule has 1 rings (SSSR count). The summed E-state index contributed by atoms with van der Waals surface area (Å²) in [5.41, 5.74) is 0.184. The molecule has 17 heavy (non-hydrogen) atoms. The van der Waals surface area contributed by atoms with E-state index < -0.39 is 9.84 Å². The molecule has 0 atom stereocenters. The molecule has 0 aliphatic carbocycles. The molecule has 0 amide bonds. The monoisotopic (exact) mass is 290 g/mol. The fourth-order valence-corrected chi connectivity index (χ4v) is 2.99. The summed E-state index contributed by atoms with van der Waals surface area (Å²) in [5.74, 6) is 1.80. The number of thioether (sulfide) groups is 1. The van der Waals surface area contributed by atoms with Crippen LogP contribution in [-0.2, 0) is 9.84 Å². The van der Waals surface area contributed by atoms with Gasteiger partial charge in [0.25, 0.3) is 0 Å². The smallest absolute Gasteiger partial charge is 0.175 e. The van der Waals surface area contributed by atoms with Gasteiger partial charge in [-0.2, -0.15) is 12.6 Å². The predicted octanol–water partition coefficient (Wildman–Crippen LogP) is 3.14. The molecular formula is C12H18O2S3. The Bertz CT molecular complexity index is 461. The van der Waals surface area contributed by atoms with E-state index in [1.165, 1.54) is 6.26 Å². The Labute approximate surface area is 114 Å². The minimum Gasteiger partial charge on any atom is -0.224 e. The quantitative estimate of drug-likeness (QED) is 0.668. The molecular weight excluding hydrogens is 272 g/mol. The van der Waals surface area contributed by atoms with Crippen molar-refractivity contribution in [3.8, 4) is 0 Å². The third kappa shape index (κ3) is 4.94. The Hall–Kier alpha value is -0.130. The van der Waals surface area contributed by atoms with Gasteiger partial charge in [-0.25, -0.2) is 8.42 Å². The number of hydrogen-bond donors (Lipinski definition) is 1. The van der Waals surface area contributed by atoms with Crippen molar-refractivity contribution in [1.82, 2.24) is 0 Å². The molecule has 0 saturated carbocycles. The maximum absolute atomic E-state index is 11.3. The first kappa shape index (κ1) is 14.9. The lowest BCUT2D eigenvalue weighted by molar-refractivity contribution is 0.493. The molecule has 0 fully saturated rings. The molecule has 0 N–H and O–H groups in total. The van der Waals surface area contributed by atoms with Crippen LogP contribution in [0, 0.1) is 5.41 Å². The van der Waals surface area contributed by atoms with Gasteiger partial charge in [0.15, 0.2) is 9.84 Å². The number of benzene rings is 1. The maximum Gasteiger partial charge on any atom is 0.175 e. The van der Waals surface area contributed by atoms with Crippen LogP contribution in [0.5, 0.6) is 0 Å². The molecule has 0 aliphatic heterocycles. The minimum absolute atomic E-state index is 0.184. The Kier molecular flexibility index (Phi) is 4.98. The molecule has 0 unspecified atom stereocenters. The highest BCUT2D eigenvalue weighted by molar-refractivity contribution is 7.99. The van der Waals surface area contributed by atoms with Gasteiger partial charge in [-0.3, -0.25) is 0 Å². The second-order valence-electron chi connectivity index (χ2n) is 4.85. The van der Waals surface area contributed by atoms with Gasteiger partial charge in [0.1, 0.15) is 0 Å². The average molecular weight is 290 g/mol. The van der Waals surface area contributed by atoms with Gasteiger partial charge in [0.05, 0.1) is 4.90 Å². The summed E-state index contributed by atoms with van der Waals surface area (Å²) in [6.07, 6.45) is 1.22. The minimum atomic E-state index is -3.09. The molecule has 5 heteroatoms. The van der Waals surface area contributed by atoms with E-state index in [9.17, 15) is 8.42 Å². The van der Waals surface area contributed by atoms with Crippen molar-refractivity contribution in [2.24, 2.45) is 5.41 Å². The van der Waals surface area contributed by atoms with Gasteiger partial charge in [0.2, 0.25) is 0 Å². The van der Waals surface area contributed by atoms with Crippen LogP contribution in [0.4, 0.5) is 0 Å². The molecule has 0 saturated heterocycles. The zero-order chi connectivity index (χ0) is 13.1. The van der Waals surface area contributed by atoms with Crippen molar-refractivity contribution >= 4 is 34.2 Å². The van der Waals surface area contributed by atoms with Crippen LogP contribution in [0.3, 0.4) is 0 Å². The summed E-state index contributed by atoms with van der Waals surface area (Å²) < 4.78 is 22.6. The number of rotatable bonds is 5. The molecule has 0 heterocycles. The van der Waals surface area contributed by atoms with Crippen molar-refractivity contribution in [1.29, 1.82) is 0 Å². The molecule has 0 bridgehead atoms. The van der Waals surface area contributed by atoms with E-state index in [2.05, 4.69) is 26.5 Å². The maximum atomic E-state index is 11.3. The highest BCUT2D eigenvalue weighted by atomic mass is 32.2. The SMILES string of the molecule is CC(C)(CS)CSc1ccc(S(C)(=O)=O)cc1. The molecule has 96 valence electrons. The lowest BCUT2D eigenvalue weighted by Crippen LogP contribution is -2.16. The van der Waals surface area contributed by atoms with Gasteiger partial charge < -0.3 is 0 Å². The van der Waals surface area contributed by atoms with Gasteiger partial charge in [0, 0.05) is 16.9 Å². The van der Waals surface area contributed by atoms with Crippen LogP contribution >= 0.6 is 24.4 Å². The van der Waals surface area contributed by atoms with Crippen molar-refractivity contribution in [2.75, 3.05) is 17.8 Å². The van der Waals surface area contributed by atoms with Crippen molar-refractivity contribution < 1.29 is 8.42 Å². The number of sulfone groups is 1. The summed E-state index contributed by atoms with van der Waals surface area (Å²) in [7, 11) is -3.09. The Balaban J connectivity index is 2.70. The van der Waals surface area contributed by atoms with Crippen LogP contribution in [-0.4, -0.2) is 26.2 Å². The van der Waals surface area contributed by atoms with Crippen LogP contribution < -0.4 is 0 Å². The summed E-state index contributed by atoms with van der Waals surface area (Å²) in [5, 5.41) is 0. The van der Waals surface area contributed by atoms with E-state index >= 15 is 0 Å². The zero-order valence-corrected chi connectivity index (χ0v) is 12.8. The molecule has 1 aromatic carbocycles. The number of hydrogen-bond acceptors (Lipinski definition) is 4. The van der Waals surface area contributed by atoms with Crippen molar-refractivity contribution in [2.45, 2.75) is 23.6 Å². The zero-order valence-electron chi connectivity index (χ0n) is 10.3. The van der Waals surface area contributed by atoms with Crippen LogP contribution in [0.1, 0.15) is 13.8 Å². The van der Waals surface area contributed by atoms with Crippen LogP contribution in [0.25, 0.3) is 0 Å². The number of thiol groups is 1. The lowest BCUT2D eigenvalue weighted by atomic mass is 10.0. The highest BCUT2D eigenvalue weighted by Crippen LogP contribution is 2.28. The molecule has 0 spiro atoms. The molecule has 0 aliphatic rings. The van der Waals surface area contributed by atoms with E-state index in [0.29, 0.717) is 4.90 Å². The first-order chi connectivity index (χ1) is 7.74. The highest BCUT2D eigenvalue weighted by Gasteiger charge is 2.16. The summed E-state index contributed by atoms with van der Waals surface area (Å²) in [6, 6.07) is 7.03. The van der Waals surface area contributed by atoms with Gasteiger partial charge in [-0.1, -0.05) is 13.8 Å². The van der Waals surface area contributed by atoms with Gasteiger partial charge in [-0.15, -0.1) is 11.8 Å². The topological polar surface area (TPSA) is 34.1 Å². The van der Waals surface area contributed by atoms with Crippen molar-refractivity contribution in [3.05, 3.63) is 24.3 Å². The fourth-order valence-electron chi connectivity index (χ4n) is 1.11. The molecule has 0 aromatic heterocycles. The normalized spacial score (nSPS) is 12.7. The standard InChI is InChI=1S/C12H18O2S3/c1-12(2,8-15)9-16-10-4-6-11(7-5-10)17(3,13)14/h4-7,15H,8-9H2,1-3H3. The van der Waals surface area contributed by atoms with Crippen molar-refractivity contribution in [3.63, 3.8) is 0 Å². The second-order valence-corrected chi connectivity index (χ2v) is 8.24. The summed E-state index contributed by atoms with van der Waals surface area (Å²) in [4.78, 5) is 1.46. The first-order valence-electron chi connectivity index (χ1n) is 5.28. The average Bonchev–Trinajstić information content (AvgIpc) is 2.26. The molecule has 2 nitrogen and oxygen atoms in total. The van der Waals surface area contributed by atoms with E-state index in [4.69, 9.17) is 0 Å². The fraction of sp³-hybridized carbons (Fsp3) is 0.500. The largest absolute Gasteiger partial charge is 0.224 e. The Morgan fingerprint density at radius 3 is 2.18 bits per heavy atom. The van der Waals surface area contributed by atoms with E-state index in [1.807, 2.05) is 12.1 Å². The Morgan fingerprint density at radius 2 is 1.76 bits per heavy atom. The lowest BCUT2D eigenvalue weighted by Gasteiger charge is -2.21. The summed E-state index contributed by atoms with van der Waals surface area (Å²) in [6.45, 7) is 4.33. The molecule has 0 radical (unpaired) electrons. The van der Waals surface area contributed by atoms with Crippen LogP contribution in [0.15, 0.2) is 34.1 Å². The third-order valence-corrected chi connectivity index (χ3v) is 5.83. The van der Waals surface area contributed by atoms with E-state index in [-0.39, 0.29) is 5.41 Å². The van der Waals surface area contributed by atoms with Crippen LogP contribution in [0.2, 0.25) is 0 Å². The Morgan fingerprint density at radius 1 is 1.24 bits per heavy atom. The molecule has 1 aromatic rings. The van der Waals surface area contributed by atoms with E-state index in [1.54, 1.807) is 23.9 Å². The van der Waals surface area contributed by atoms with Gasteiger partial charge in [-0.05, 0) is 35.4 Å². The second kappa shape index (κ2) is 5.67. The van der Waals surface area contributed by atoms with Gasteiger partial charge >= 0.3 is 0 Å². The van der Waals surface area contributed by atoms with E-state index in [0.717, 1.165) is 16.4 Å².